The molecule has 0 amide bonds. The highest BCUT2D eigenvalue weighted by Gasteiger charge is 2.42. The normalized spacial score (nSPS) is 19.7. The summed E-state index contributed by atoms with van der Waals surface area (Å²) < 4.78 is 15.2. The molecule has 5 rings (SSSR count). The molecule has 0 spiro atoms. The summed E-state index contributed by atoms with van der Waals surface area (Å²) >= 11 is 6.26. The number of aliphatic hydroxyl groups is 2. The third kappa shape index (κ3) is 5.90. The van der Waals surface area contributed by atoms with Crippen LogP contribution < -0.4 is 15.2 Å². The molecule has 0 radical (unpaired) electrons. The minimum atomic E-state index is -1.39. The van der Waals surface area contributed by atoms with Crippen molar-refractivity contribution in [1.82, 2.24) is 14.0 Å². The number of ether oxygens (including phenoxy) is 2. The molecule has 0 bridgehead atoms. The molecule has 2 heterocycles. The van der Waals surface area contributed by atoms with Gasteiger partial charge >= 0.3 is 5.69 Å². The van der Waals surface area contributed by atoms with E-state index in [1.54, 1.807) is 16.2 Å². The minimum absolute atomic E-state index is 0.0161. The van der Waals surface area contributed by atoms with Crippen LogP contribution in [-0.2, 0) is 20.1 Å². The molecule has 8 nitrogen and oxygen atoms in total. The molecule has 1 aliphatic rings. The van der Waals surface area contributed by atoms with Gasteiger partial charge in [-0.25, -0.2) is 4.79 Å². The van der Waals surface area contributed by atoms with Crippen molar-refractivity contribution in [2.45, 2.75) is 45.1 Å². The summed E-state index contributed by atoms with van der Waals surface area (Å²) in [6.45, 7) is 6.22. The molecule has 0 unspecified atom stereocenters. The second kappa shape index (κ2) is 11.7. The van der Waals surface area contributed by atoms with Gasteiger partial charge in [-0.1, -0.05) is 35.9 Å². The number of benzene rings is 3. The lowest BCUT2D eigenvalue weighted by atomic mass is 9.90. The van der Waals surface area contributed by atoms with Crippen molar-refractivity contribution in [2.24, 2.45) is 7.05 Å². The number of hydrogen-bond acceptors (Lipinski definition) is 6. The number of aryl methyl sites for hydroxylation is 3. The van der Waals surface area contributed by atoms with Crippen LogP contribution in [0.3, 0.4) is 0 Å². The Morgan fingerprint density at radius 1 is 1.00 bits per heavy atom. The number of halogens is 1. The average Bonchev–Trinajstić information content (AvgIpc) is 3.18. The van der Waals surface area contributed by atoms with E-state index in [-0.39, 0.29) is 18.8 Å². The van der Waals surface area contributed by atoms with Crippen LogP contribution in [0.5, 0.6) is 11.5 Å². The Labute approximate surface area is 238 Å². The third-order valence-corrected chi connectivity index (χ3v) is 8.30. The lowest BCUT2D eigenvalue weighted by molar-refractivity contribution is -0.140. The quantitative estimate of drug-likeness (QED) is 0.318. The Hall–Kier alpha value is -3.30. The average molecular weight is 566 g/mol. The van der Waals surface area contributed by atoms with Gasteiger partial charge in [0, 0.05) is 31.7 Å². The van der Waals surface area contributed by atoms with Crippen LogP contribution in [0.4, 0.5) is 0 Å². The Kier molecular flexibility index (Phi) is 8.24. The van der Waals surface area contributed by atoms with E-state index in [2.05, 4.69) is 4.90 Å². The Morgan fingerprint density at radius 2 is 1.68 bits per heavy atom. The molecule has 212 valence electrons. The Morgan fingerprint density at radius 3 is 2.38 bits per heavy atom. The van der Waals surface area contributed by atoms with Crippen molar-refractivity contribution in [2.75, 3.05) is 26.3 Å². The first-order chi connectivity index (χ1) is 19.1. The number of hydrogen-bond donors (Lipinski definition) is 2. The summed E-state index contributed by atoms with van der Waals surface area (Å²) in [5, 5.41) is 22.6. The molecular formula is C31H36ClN3O5. The maximum Gasteiger partial charge on any atom is 0.328 e. The van der Waals surface area contributed by atoms with E-state index in [0.717, 1.165) is 33.5 Å². The van der Waals surface area contributed by atoms with Gasteiger partial charge < -0.3 is 19.7 Å². The van der Waals surface area contributed by atoms with Crippen molar-refractivity contribution >= 4 is 22.6 Å². The minimum Gasteiger partial charge on any atom is -0.492 e. The molecule has 2 atom stereocenters. The largest absolute Gasteiger partial charge is 0.492 e. The van der Waals surface area contributed by atoms with Crippen LogP contribution in [0.2, 0.25) is 5.02 Å². The highest BCUT2D eigenvalue weighted by atomic mass is 35.5. The van der Waals surface area contributed by atoms with Gasteiger partial charge in [-0.05, 0) is 73.4 Å². The number of aliphatic hydroxyl groups excluding tert-OH is 1. The van der Waals surface area contributed by atoms with Gasteiger partial charge in [0.1, 0.15) is 30.3 Å². The zero-order valence-electron chi connectivity index (χ0n) is 23.1. The van der Waals surface area contributed by atoms with Gasteiger partial charge in [-0.2, -0.15) is 0 Å². The maximum atomic E-state index is 12.6. The van der Waals surface area contributed by atoms with Crippen molar-refractivity contribution in [3.8, 4) is 11.5 Å². The summed E-state index contributed by atoms with van der Waals surface area (Å²) in [4.78, 5) is 14.7. The van der Waals surface area contributed by atoms with Gasteiger partial charge in [-0.3, -0.25) is 14.0 Å². The molecule has 4 aromatic rings. The number of para-hydroxylation sites is 2. The van der Waals surface area contributed by atoms with Gasteiger partial charge in [-0.15, -0.1) is 0 Å². The van der Waals surface area contributed by atoms with Gasteiger partial charge in [0.2, 0.25) is 0 Å². The second-order valence-corrected chi connectivity index (χ2v) is 11.1. The number of β-amino-alcohol motifs (C(OH)–C–C–N with tert-alkyl or cyclic N) is 1. The number of imidazole rings is 1. The lowest BCUT2D eigenvalue weighted by Crippen LogP contribution is -2.59. The lowest BCUT2D eigenvalue weighted by Gasteiger charge is -2.42. The summed E-state index contributed by atoms with van der Waals surface area (Å²) in [7, 11) is 1.78. The van der Waals surface area contributed by atoms with E-state index < -0.39 is 11.7 Å². The van der Waals surface area contributed by atoms with E-state index in [9.17, 15) is 15.0 Å². The molecule has 1 fully saturated rings. The molecule has 3 aromatic carbocycles. The van der Waals surface area contributed by atoms with E-state index in [1.807, 2.05) is 74.5 Å². The number of nitrogens with zero attached hydrogens (tertiary/aromatic N) is 3. The zero-order valence-corrected chi connectivity index (χ0v) is 23.9. The molecule has 1 aromatic heterocycles. The summed E-state index contributed by atoms with van der Waals surface area (Å²) in [5.74, 6) is 1.35. The van der Waals surface area contributed by atoms with Crippen LogP contribution in [0, 0.1) is 13.8 Å². The third-order valence-electron chi connectivity index (χ3n) is 7.70. The van der Waals surface area contributed by atoms with Crippen LogP contribution in [0.25, 0.3) is 11.0 Å². The SMILES string of the molecule is Cc1cc(OC[C@@]2(O)CN(Cc3ccc(OCCn4c(=O)n(C)c5ccccc54)cc3)CC[C@@H]2O)cc(C)c1Cl. The van der Waals surface area contributed by atoms with Crippen molar-refractivity contribution in [3.05, 3.63) is 92.9 Å². The molecule has 1 saturated heterocycles. The maximum absolute atomic E-state index is 12.6. The molecule has 0 aliphatic carbocycles. The monoisotopic (exact) mass is 565 g/mol. The van der Waals surface area contributed by atoms with Crippen LogP contribution in [-0.4, -0.2) is 62.3 Å². The molecule has 40 heavy (non-hydrogen) atoms. The molecule has 0 saturated carbocycles. The van der Waals surface area contributed by atoms with Crippen molar-refractivity contribution < 1.29 is 19.7 Å². The first kappa shape index (κ1) is 28.2. The molecule has 2 N–H and O–H groups in total. The Balaban J connectivity index is 1.15. The second-order valence-electron chi connectivity index (χ2n) is 10.8. The topological polar surface area (TPSA) is 89.1 Å². The Bertz CT molecular complexity index is 1520. The number of aromatic nitrogens is 2. The smallest absolute Gasteiger partial charge is 0.328 e. The van der Waals surface area contributed by atoms with Crippen molar-refractivity contribution in [1.29, 1.82) is 0 Å². The zero-order chi connectivity index (χ0) is 28.4. The summed E-state index contributed by atoms with van der Waals surface area (Å²) in [6.07, 6.45) is -0.420. The van der Waals surface area contributed by atoms with E-state index in [1.165, 1.54) is 0 Å². The highest BCUT2D eigenvalue weighted by Crippen LogP contribution is 2.29. The predicted molar refractivity (Wildman–Crippen MR) is 156 cm³/mol. The number of likely N-dealkylation sites (tertiary alicyclic amines) is 1. The van der Waals surface area contributed by atoms with Crippen molar-refractivity contribution in [3.63, 3.8) is 0 Å². The number of piperidine rings is 1. The van der Waals surface area contributed by atoms with Crippen LogP contribution >= 0.6 is 11.6 Å². The molecule has 9 heteroatoms. The summed E-state index contributed by atoms with van der Waals surface area (Å²) in [6, 6.07) is 19.2. The molecule has 1 aliphatic heterocycles. The van der Waals surface area contributed by atoms with Gasteiger partial charge in [0.05, 0.1) is 23.7 Å². The fourth-order valence-corrected chi connectivity index (χ4v) is 5.51. The van der Waals surface area contributed by atoms with Gasteiger partial charge in [0.25, 0.3) is 0 Å². The number of fused-ring (bicyclic) bond motifs is 1. The number of rotatable bonds is 9. The van der Waals surface area contributed by atoms with E-state index in [4.69, 9.17) is 21.1 Å². The first-order valence-corrected chi connectivity index (χ1v) is 13.9. The summed E-state index contributed by atoms with van der Waals surface area (Å²) in [5.41, 5.74) is 3.23. The fourth-order valence-electron chi connectivity index (χ4n) is 5.40. The predicted octanol–water partition coefficient (Wildman–Crippen LogP) is 4.07. The van der Waals surface area contributed by atoms with E-state index in [0.29, 0.717) is 43.4 Å². The van der Waals surface area contributed by atoms with Crippen LogP contribution in [0.1, 0.15) is 23.1 Å². The standard InChI is InChI=1S/C31H36ClN3O5/c1-21-16-25(17-22(2)29(21)32)40-20-31(38)19-34(13-12-28(31)36)18-23-8-10-24(11-9-23)39-15-14-35-27-7-5-4-6-26(27)33(3)30(35)37/h4-11,16-17,28,36,38H,12-15,18-20H2,1-3H3/t28-,31-/m0/s1. The fraction of sp³-hybridized carbons (Fsp3) is 0.387. The molecular weight excluding hydrogens is 530 g/mol. The highest BCUT2D eigenvalue weighted by molar-refractivity contribution is 6.32. The van der Waals surface area contributed by atoms with Crippen LogP contribution in [0.15, 0.2) is 65.5 Å². The van der Waals surface area contributed by atoms with E-state index >= 15 is 0 Å². The first-order valence-electron chi connectivity index (χ1n) is 13.5. The van der Waals surface area contributed by atoms with Gasteiger partial charge in [0.15, 0.2) is 0 Å².